The van der Waals surface area contributed by atoms with Crippen molar-refractivity contribution in [2.24, 2.45) is 0 Å². The molecule has 5 nitrogen and oxygen atoms in total. The summed E-state index contributed by atoms with van der Waals surface area (Å²) in [5, 5.41) is 0. The number of nitrogens with one attached hydrogen (secondary N) is 1. The standard InChI is InChI=1S/C3H7NO4S/c1-2-3(5)8-4-9(6)7/h4H,2H2,1H3,(H,6,7)/p-1. The highest BCUT2D eigenvalue weighted by Gasteiger charge is 1.94. The first-order valence-corrected chi connectivity index (χ1v) is 3.29. The fraction of sp³-hybridized carbons (Fsp3) is 0.667. The van der Waals surface area contributed by atoms with Crippen molar-refractivity contribution in [2.45, 2.75) is 13.3 Å². The molecule has 1 atom stereocenters. The molecule has 9 heavy (non-hydrogen) atoms. The SMILES string of the molecule is CCC(=O)ONS(=O)[O-]. The lowest BCUT2D eigenvalue weighted by Crippen LogP contribution is -2.20. The molecular weight excluding hydrogens is 146 g/mol. The molecule has 0 radical (unpaired) electrons. The molecule has 0 saturated carbocycles. The van der Waals surface area contributed by atoms with Gasteiger partial charge in [0.15, 0.2) is 0 Å². The first kappa shape index (κ1) is 8.54. The van der Waals surface area contributed by atoms with E-state index in [0.29, 0.717) is 0 Å². The van der Waals surface area contributed by atoms with Crippen molar-refractivity contribution >= 4 is 17.2 Å². The predicted octanol–water partition coefficient (Wildman–Crippen LogP) is -0.762. The third kappa shape index (κ3) is 5.41. The Labute approximate surface area is 54.8 Å². The van der Waals surface area contributed by atoms with Crippen LogP contribution in [-0.4, -0.2) is 14.7 Å². The van der Waals surface area contributed by atoms with E-state index in [0.717, 1.165) is 0 Å². The van der Waals surface area contributed by atoms with Gasteiger partial charge in [-0.25, -0.2) is 0 Å². The average Bonchev–Trinajstić information content (AvgIpc) is 1.83. The molecule has 0 fully saturated rings. The quantitative estimate of drug-likeness (QED) is 0.426. The van der Waals surface area contributed by atoms with Gasteiger partial charge in [-0.15, -0.1) is 0 Å². The zero-order valence-corrected chi connectivity index (χ0v) is 5.56. The van der Waals surface area contributed by atoms with Gasteiger partial charge in [0.25, 0.3) is 0 Å². The van der Waals surface area contributed by atoms with Crippen LogP contribution in [0.5, 0.6) is 0 Å². The molecule has 0 rings (SSSR count). The molecule has 0 heterocycles. The third-order valence-electron chi connectivity index (χ3n) is 0.512. The van der Waals surface area contributed by atoms with Gasteiger partial charge in [0, 0.05) is 6.42 Å². The largest absolute Gasteiger partial charge is 0.758 e. The molecule has 0 bridgehead atoms. The van der Waals surface area contributed by atoms with Crippen LogP contribution in [0.3, 0.4) is 0 Å². The van der Waals surface area contributed by atoms with Crippen molar-refractivity contribution in [3.05, 3.63) is 0 Å². The Morgan fingerprint density at radius 3 is 2.78 bits per heavy atom. The van der Waals surface area contributed by atoms with E-state index >= 15 is 0 Å². The highest BCUT2D eigenvalue weighted by molar-refractivity contribution is 7.76. The van der Waals surface area contributed by atoms with E-state index in [-0.39, 0.29) is 6.42 Å². The fourth-order valence-electron chi connectivity index (χ4n) is 0.153. The Morgan fingerprint density at radius 1 is 1.89 bits per heavy atom. The number of hydrogen-bond acceptors (Lipinski definition) is 4. The second kappa shape index (κ2) is 4.42. The van der Waals surface area contributed by atoms with Gasteiger partial charge in [-0.3, -0.25) is 9.00 Å². The van der Waals surface area contributed by atoms with E-state index in [1.807, 2.05) is 0 Å². The Bertz CT molecular complexity index is 125. The molecule has 54 valence electrons. The van der Waals surface area contributed by atoms with Crippen LogP contribution in [0, 0.1) is 0 Å². The van der Waals surface area contributed by atoms with Gasteiger partial charge in [-0.05, 0) is 0 Å². The van der Waals surface area contributed by atoms with Crippen LogP contribution >= 0.6 is 0 Å². The zero-order chi connectivity index (χ0) is 7.28. The van der Waals surface area contributed by atoms with E-state index in [2.05, 4.69) is 4.84 Å². The molecule has 0 aromatic heterocycles. The Morgan fingerprint density at radius 2 is 2.44 bits per heavy atom. The predicted molar refractivity (Wildman–Crippen MR) is 28.4 cm³/mol. The summed E-state index contributed by atoms with van der Waals surface area (Å²) in [5.74, 6) is -0.612. The molecule has 0 aliphatic heterocycles. The molecule has 0 spiro atoms. The molecule has 0 aromatic carbocycles. The van der Waals surface area contributed by atoms with Crippen molar-refractivity contribution in [1.82, 2.24) is 4.89 Å². The molecule has 0 amide bonds. The molecular formula is C3H6NO4S-. The lowest BCUT2D eigenvalue weighted by Gasteiger charge is -2.04. The maximum Gasteiger partial charge on any atom is 0.325 e. The monoisotopic (exact) mass is 152 g/mol. The molecule has 0 aliphatic rings. The summed E-state index contributed by atoms with van der Waals surface area (Å²) in [6.45, 7) is 1.55. The second-order valence-electron chi connectivity index (χ2n) is 1.15. The fourth-order valence-corrected chi connectivity index (χ4v) is 0.314. The van der Waals surface area contributed by atoms with Crippen LogP contribution in [-0.2, 0) is 20.9 Å². The maximum atomic E-state index is 10.2. The van der Waals surface area contributed by atoms with Crippen LogP contribution in [0.1, 0.15) is 13.3 Å². The van der Waals surface area contributed by atoms with Gasteiger partial charge in [0.05, 0.1) is 11.3 Å². The number of rotatable bonds is 3. The minimum absolute atomic E-state index is 0.143. The van der Waals surface area contributed by atoms with Crippen LogP contribution in [0.15, 0.2) is 0 Å². The van der Waals surface area contributed by atoms with Gasteiger partial charge in [-0.1, -0.05) is 11.8 Å². The summed E-state index contributed by atoms with van der Waals surface area (Å²) >= 11 is -2.53. The molecule has 0 aromatic rings. The van der Waals surface area contributed by atoms with E-state index in [1.54, 1.807) is 6.92 Å². The molecule has 1 N–H and O–H groups in total. The van der Waals surface area contributed by atoms with E-state index in [1.165, 1.54) is 4.89 Å². The van der Waals surface area contributed by atoms with E-state index in [9.17, 15) is 13.6 Å². The van der Waals surface area contributed by atoms with Crippen LogP contribution in [0.25, 0.3) is 0 Å². The van der Waals surface area contributed by atoms with Crippen molar-refractivity contribution in [1.29, 1.82) is 0 Å². The van der Waals surface area contributed by atoms with Crippen LogP contribution in [0.4, 0.5) is 0 Å². The number of carbonyl (C=O) groups is 1. The Kier molecular flexibility index (Phi) is 4.20. The van der Waals surface area contributed by atoms with Gasteiger partial charge < -0.3 is 9.39 Å². The van der Waals surface area contributed by atoms with Crippen LogP contribution < -0.4 is 4.89 Å². The lowest BCUT2D eigenvalue weighted by molar-refractivity contribution is -0.146. The van der Waals surface area contributed by atoms with Crippen molar-refractivity contribution in [3.63, 3.8) is 0 Å². The second-order valence-corrected chi connectivity index (χ2v) is 1.78. The van der Waals surface area contributed by atoms with E-state index in [4.69, 9.17) is 0 Å². The molecule has 0 saturated heterocycles. The number of hydrogen-bond donors (Lipinski definition) is 1. The molecule has 1 unspecified atom stereocenters. The first-order valence-electron chi connectivity index (χ1n) is 2.21. The van der Waals surface area contributed by atoms with Gasteiger partial charge in [-0.2, -0.15) is 0 Å². The van der Waals surface area contributed by atoms with Crippen molar-refractivity contribution < 1.29 is 18.4 Å². The smallest absolute Gasteiger partial charge is 0.325 e. The summed E-state index contributed by atoms with van der Waals surface area (Å²) in [7, 11) is 0. The van der Waals surface area contributed by atoms with Gasteiger partial charge in [0.2, 0.25) is 0 Å². The third-order valence-corrected chi connectivity index (χ3v) is 0.732. The Balaban J connectivity index is 3.28. The summed E-state index contributed by atoms with van der Waals surface area (Å²) in [6.07, 6.45) is 0.143. The van der Waals surface area contributed by atoms with Crippen molar-refractivity contribution in [3.8, 4) is 0 Å². The first-order chi connectivity index (χ1) is 4.16. The highest BCUT2D eigenvalue weighted by atomic mass is 32.2. The van der Waals surface area contributed by atoms with E-state index < -0.39 is 17.2 Å². The minimum atomic E-state index is -2.53. The Hall–Kier alpha value is -0.460. The zero-order valence-electron chi connectivity index (χ0n) is 4.75. The summed E-state index contributed by atoms with van der Waals surface area (Å²) in [6, 6.07) is 0. The topological polar surface area (TPSA) is 78.5 Å². The van der Waals surface area contributed by atoms with Gasteiger partial charge in [0.1, 0.15) is 0 Å². The normalized spacial score (nSPS) is 12.7. The maximum absolute atomic E-state index is 10.2. The highest BCUT2D eigenvalue weighted by Crippen LogP contribution is 1.79. The lowest BCUT2D eigenvalue weighted by atomic mass is 10.5. The summed E-state index contributed by atoms with van der Waals surface area (Å²) < 4.78 is 19.3. The summed E-state index contributed by atoms with van der Waals surface area (Å²) in [5.41, 5.74) is 0. The van der Waals surface area contributed by atoms with Crippen LogP contribution in [0.2, 0.25) is 0 Å². The van der Waals surface area contributed by atoms with Gasteiger partial charge >= 0.3 is 5.97 Å². The number of carbonyl (C=O) groups excluding carboxylic acids is 1. The van der Waals surface area contributed by atoms with Crippen molar-refractivity contribution in [2.75, 3.05) is 0 Å². The average molecular weight is 152 g/mol. The molecule has 6 heteroatoms. The summed E-state index contributed by atoms with van der Waals surface area (Å²) in [4.78, 5) is 15.6. The minimum Gasteiger partial charge on any atom is -0.758 e. The molecule has 0 aliphatic carbocycles.